The lowest BCUT2D eigenvalue weighted by Crippen LogP contribution is -1.71. The zero-order valence-corrected chi connectivity index (χ0v) is 9.81. The zero-order chi connectivity index (χ0) is 8.81. The lowest BCUT2D eigenvalue weighted by atomic mass is 10.2. The van der Waals surface area contributed by atoms with E-state index in [2.05, 4.69) is 56.1 Å². The third-order valence-electron chi connectivity index (χ3n) is 1.43. The quantitative estimate of drug-likeness (QED) is 0.730. The Balaban J connectivity index is 2.63. The van der Waals surface area contributed by atoms with Crippen LogP contribution in [0.4, 0.5) is 0 Å². The van der Waals surface area contributed by atoms with E-state index in [1.807, 2.05) is 12.1 Å². The van der Waals surface area contributed by atoms with Gasteiger partial charge in [0.25, 0.3) is 0 Å². The average Bonchev–Trinajstić information content (AvgIpc) is 2.05. The van der Waals surface area contributed by atoms with Gasteiger partial charge in [-0.1, -0.05) is 56.1 Å². The van der Waals surface area contributed by atoms with Crippen LogP contribution < -0.4 is 0 Å². The predicted molar refractivity (Wildman–Crippen MR) is 61.6 cm³/mol. The Hall–Kier alpha value is -0.0800. The SMILES string of the molecule is BrCCC=Cc1cccc(Br)c1. The van der Waals surface area contributed by atoms with E-state index in [-0.39, 0.29) is 0 Å². The average molecular weight is 290 g/mol. The first-order valence-corrected chi connectivity index (χ1v) is 5.72. The summed E-state index contributed by atoms with van der Waals surface area (Å²) >= 11 is 6.80. The fraction of sp³-hybridized carbons (Fsp3) is 0.200. The third-order valence-corrected chi connectivity index (χ3v) is 2.39. The first kappa shape index (κ1) is 10.0. The number of benzene rings is 1. The van der Waals surface area contributed by atoms with E-state index in [4.69, 9.17) is 0 Å². The topological polar surface area (TPSA) is 0 Å². The molecule has 0 N–H and O–H groups in total. The summed E-state index contributed by atoms with van der Waals surface area (Å²) in [5.41, 5.74) is 1.24. The van der Waals surface area contributed by atoms with Gasteiger partial charge in [-0.3, -0.25) is 0 Å². The molecule has 12 heavy (non-hydrogen) atoms. The van der Waals surface area contributed by atoms with Gasteiger partial charge in [0, 0.05) is 9.80 Å². The number of hydrogen-bond donors (Lipinski definition) is 0. The molecule has 0 atom stereocenters. The molecule has 0 heterocycles. The first-order chi connectivity index (χ1) is 5.83. The predicted octanol–water partition coefficient (Wildman–Crippen LogP) is 4.25. The minimum absolute atomic E-state index is 1.03. The van der Waals surface area contributed by atoms with Crippen molar-refractivity contribution in [3.05, 3.63) is 40.4 Å². The number of rotatable bonds is 3. The summed E-state index contributed by atoms with van der Waals surface area (Å²) in [4.78, 5) is 0. The number of alkyl halides is 1. The van der Waals surface area contributed by atoms with Gasteiger partial charge in [-0.25, -0.2) is 0 Å². The molecule has 0 unspecified atom stereocenters. The Morgan fingerprint density at radius 2 is 2.17 bits per heavy atom. The van der Waals surface area contributed by atoms with Crippen LogP contribution in [-0.4, -0.2) is 5.33 Å². The van der Waals surface area contributed by atoms with Crippen LogP contribution in [-0.2, 0) is 0 Å². The van der Waals surface area contributed by atoms with Crippen molar-refractivity contribution in [3.8, 4) is 0 Å². The largest absolute Gasteiger partial charge is 0.0925 e. The molecule has 0 aromatic heterocycles. The van der Waals surface area contributed by atoms with Gasteiger partial charge in [-0.15, -0.1) is 0 Å². The number of allylic oxidation sites excluding steroid dienone is 1. The minimum Gasteiger partial charge on any atom is -0.0925 e. The molecule has 0 nitrogen and oxygen atoms in total. The van der Waals surface area contributed by atoms with Crippen LogP contribution in [0.25, 0.3) is 6.08 Å². The summed E-state index contributed by atoms with van der Waals surface area (Å²) in [5, 5.41) is 1.03. The first-order valence-electron chi connectivity index (χ1n) is 3.81. The Kier molecular flexibility index (Phi) is 4.62. The fourth-order valence-electron chi connectivity index (χ4n) is 0.893. The van der Waals surface area contributed by atoms with Crippen LogP contribution in [0.3, 0.4) is 0 Å². The van der Waals surface area contributed by atoms with E-state index in [0.29, 0.717) is 0 Å². The maximum Gasteiger partial charge on any atom is 0.0181 e. The van der Waals surface area contributed by atoms with Crippen LogP contribution in [0, 0.1) is 0 Å². The maximum atomic E-state index is 3.43. The van der Waals surface area contributed by atoms with E-state index >= 15 is 0 Å². The van der Waals surface area contributed by atoms with Gasteiger partial charge in [0.15, 0.2) is 0 Å². The molecule has 0 aliphatic carbocycles. The number of halogens is 2. The van der Waals surface area contributed by atoms with Crippen LogP contribution in [0.5, 0.6) is 0 Å². The minimum atomic E-state index is 1.03. The highest BCUT2D eigenvalue weighted by atomic mass is 79.9. The second kappa shape index (κ2) is 5.55. The van der Waals surface area contributed by atoms with Crippen LogP contribution in [0.2, 0.25) is 0 Å². The van der Waals surface area contributed by atoms with Gasteiger partial charge in [0.2, 0.25) is 0 Å². The van der Waals surface area contributed by atoms with Gasteiger partial charge in [0.1, 0.15) is 0 Å². The molecule has 0 aliphatic rings. The maximum absolute atomic E-state index is 3.43. The van der Waals surface area contributed by atoms with Crippen LogP contribution in [0.1, 0.15) is 12.0 Å². The molecule has 0 bridgehead atoms. The van der Waals surface area contributed by atoms with Gasteiger partial charge >= 0.3 is 0 Å². The van der Waals surface area contributed by atoms with E-state index in [1.165, 1.54) is 5.56 Å². The van der Waals surface area contributed by atoms with Gasteiger partial charge < -0.3 is 0 Å². The molecule has 0 amide bonds. The second-order valence-corrected chi connectivity index (χ2v) is 4.14. The van der Waals surface area contributed by atoms with Crippen molar-refractivity contribution in [2.45, 2.75) is 6.42 Å². The summed E-state index contributed by atoms with van der Waals surface area (Å²) in [7, 11) is 0. The molecule has 0 saturated carbocycles. The van der Waals surface area contributed by atoms with E-state index in [9.17, 15) is 0 Å². The molecule has 1 aromatic carbocycles. The van der Waals surface area contributed by atoms with Crippen molar-refractivity contribution < 1.29 is 0 Å². The summed E-state index contributed by atoms with van der Waals surface area (Å²) in [6.07, 6.45) is 5.37. The lowest BCUT2D eigenvalue weighted by Gasteiger charge is -1.93. The van der Waals surface area contributed by atoms with E-state index in [0.717, 1.165) is 16.2 Å². The smallest absolute Gasteiger partial charge is 0.0181 e. The zero-order valence-electron chi connectivity index (χ0n) is 6.63. The van der Waals surface area contributed by atoms with Crippen molar-refractivity contribution in [2.75, 3.05) is 5.33 Å². The van der Waals surface area contributed by atoms with Crippen molar-refractivity contribution in [1.82, 2.24) is 0 Å². The van der Waals surface area contributed by atoms with Crippen molar-refractivity contribution in [3.63, 3.8) is 0 Å². The third kappa shape index (κ3) is 3.55. The Morgan fingerprint density at radius 1 is 1.33 bits per heavy atom. The van der Waals surface area contributed by atoms with Crippen molar-refractivity contribution in [1.29, 1.82) is 0 Å². The van der Waals surface area contributed by atoms with Crippen molar-refractivity contribution in [2.24, 2.45) is 0 Å². The normalized spacial score (nSPS) is 10.8. The van der Waals surface area contributed by atoms with Gasteiger partial charge in [-0.05, 0) is 24.1 Å². The van der Waals surface area contributed by atoms with Gasteiger partial charge in [-0.2, -0.15) is 0 Å². The second-order valence-electron chi connectivity index (χ2n) is 2.44. The molecular formula is C10H10Br2. The molecule has 0 fully saturated rings. The van der Waals surface area contributed by atoms with E-state index in [1.54, 1.807) is 0 Å². The van der Waals surface area contributed by atoms with Crippen LogP contribution in [0.15, 0.2) is 34.8 Å². The molecule has 1 rings (SSSR count). The molecule has 1 aromatic rings. The fourth-order valence-corrected chi connectivity index (χ4v) is 1.57. The Labute approximate surface area is 89.9 Å². The highest BCUT2D eigenvalue weighted by molar-refractivity contribution is 9.10. The molecule has 0 saturated heterocycles. The molecule has 0 radical (unpaired) electrons. The van der Waals surface area contributed by atoms with Crippen LogP contribution >= 0.6 is 31.9 Å². The molecule has 2 heteroatoms. The summed E-state index contributed by atoms with van der Waals surface area (Å²) < 4.78 is 1.13. The molecule has 64 valence electrons. The summed E-state index contributed by atoms with van der Waals surface area (Å²) in [6.45, 7) is 0. The number of hydrogen-bond acceptors (Lipinski definition) is 0. The molecule has 0 spiro atoms. The monoisotopic (exact) mass is 288 g/mol. The lowest BCUT2D eigenvalue weighted by molar-refractivity contribution is 1.27. The molecular weight excluding hydrogens is 280 g/mol. The Morgan fingerprint density at radius 3 is 2.83 bits per heavy atom. The Bertz CT molecular complexity index is 266. The summed E-state index contributed by atoms with van der Waals surface area (Å²) in [5.74, 6) is 0. The standard InChI is InChI=1S/C10H10Br2/c11-7-2-1-4-9-5-3-6-10(12)8-9/h1,3-6,8H,2,7H2. The van der Waals surface area contributed by atoms with Gasteiger partial charge in [0.05, 0.1) is 0 Å². The van der Waals surface area contributed by atoms with Crippen molar-refractivity contribution >= 4 is 37.9 Å². The highest BCUT2D eigenvalue weighted by Crippen LogP contribution is 2.12. The molecule has 0 aliphatic heterocycles. The van der Waals surface area contributed by atoms with E-state index < -0.39 is 0 Å². The highest BCUT2D eigenvalue weighted by Gasteiger charge is 1.87. The summed E-state index contributed by atoms with van der Waals surface area (Å²) in [6, 6.07) is 8.26.